The third-order valence-electron chi connectivity index (χ3n) is 17.1. The highest BCUT2D eigenvalue weighted by Gasteiger charge is 2.60. The SMILES string of the molecule is CCCCC[C@H]1CCCCCCCCCC(=O)O[C@H]2[C@H](O[C@H]3[C@H](O[C@H]4[C@H](O1)O[C@H](C)[C@@H]1OC(C)(C)O[C@@H]14)O[C@H](COCc1ccccc1)[C@@H](OCc1ccccc1)[C@@H]3OCc1ccccc1)O[C@H](C)[C@@H](OCc1ccccc1)[C@@H]2OCc1ccccc1. The van der Waals surface area contributed by atoms with Crippen molar-refractivity contribution in [1.82, 2.24) is 0 Å². The van der Waals surface area contributed by atoms with E-state index in [0.717, 1.165) is 98.4 Å². The summed E-state index contributed by atoms with van der Waals surface area (Å²) in [4.78, 5) is 14.6. The molecule has 87 heavy (non-hydrogen) atoms. The molecular formula is C72H94O15. The van der Waals surface area contributed by atoms with Gasteiger partial charge in [0.2, 0.25) is 0 Å². The normalized spacial score (nSPS) is 31.9. The van der Waals surface area contributed by atoms with E-state index in [-0.39, 0.29) is 45.6 Å². The van der Waals surface area contributed by atoms with Crippen molar-refractivity contribution >= 4 is 5.97 Å². The smallest absolute Gasteiger partial charge is 0.306 e. The van der Waals surface area contributed by atoms with Crippen molar-refractivity contribution in [2.45, 2.75) is 255 Å². The number of rotatable bonds is 20. The maximum atomic E-state index is 14.6. The van der Waals surface area contributed by atoms with Gasteiger partial charge in [0.1, 0.15) is 54.9 Å². The van der Waals surface area contributed by atoms with E-state index in [4.69, 9.17) is 66.3 Å². The highest BCUT2D eigenvalue weighted by atomic mass is 16.8. The fourth-order valence-electron chi connectivity index (χ4n) is 12.6. The van der Waals surface area contributed by atoms with Crippen LogP contribution in [-0.4, -0.2) is 117 Å². The number of carbonyl (C=O) groups excluding carboxylic acids is 1. The summed E-state index contributed by atoms with van der Waals surface area (Å²) in [6.45, 7) is 11.2. The van der Waals surface area contributed by atoms with Gasteiger partial charge in [0.25, 0.3) is 0 Å². The molecule has 0 radical (unpaired) electrons. The summed E-state index contributed by atoms with van der Waals surface area (Å²) in [6.07, 6.45) is -1.56. The summed E-state index contributed by atoms with van der Waals surface area (Å²) in [5.74, 6) is -1.38. The second-order valence-electron chi connectivity index (χ2n) is 24.5. The number of benzene rings is 5. The molecule has 5 aliphatic heterocycles. The molecule has 15 nitrogen and oxygen atoms in total. The first-order valence-corrected chi connectivity index (χ1v) is 32.3. The lowest BCUT2D eigenvalue weighted by molar-refractivity contribution is -0.397. The minimum atomic E-state index is -1.30. The Balaban J connectivity index is 1.10. The molecule has 0 aromatic heterocycles. The molecule has 5 saturated heterocycles. The lowest BCUT2D eigenvalue weighted by atomic mass is 9.95. The monoisotopic (exact) mass is 1200 g/mol. The molecule has 16 atom stereocenters. The Kier molecular flexibility index (Phi) is 24.8. The number of hydrogen-bond donors (Lipinski definition) is 0. The highest BCUT2D eigenvalue weighted by Crippen LogP contribution is 2.43. The summed E-state index contributed by atoms with van der Waals surface area (Å²) < 4.78 is 99.5. The molecule has 0 amide bonds. The molecule has 0 aliphatic carbocycles. The van der Waals surface area contributed by atoms with Crippen LogP contribution < -0.4 is 0 Å². The van der Waals surface area contributed by atoms with Crippen LogP contribution in [0.25, 0.3) is 0 Å². The molecule has 5 heterocycles. The average molecular weight is 1200 g/mol. The maximum Gasteiger partial charge on any atom is 0.306 e. The van der Waals surface area contributed by atoms with Crippen LogP contribution in [0.4, 0.5) is 0 Å². The molecule has 0 saturated carbocycles. The number of carbonyl (C=O) groups is 1. The topological polar surface area (TPSA) is 146 Å². The van der Waals surface area contributed by atoms with Gasteiger partial charge in [-0.2, -0.15) is 0 Å². The van der Waals surface area contributed by atoms with Crippen LogP contribution in [0.3, 0.4) is 0 Å². The third kappa shape index (κ3) is 18.8. The van der Waals surface area contributed by atoms with Gasteiger partial charge >= 0.3 is 5.97 Å². The largest absolute Gasteiger partial charge is 0.454 e. The Morgan fingerprint density at radius 2 is 0.885 bits per heavy atom. The van der Waals surface area contributed by atoms with Crippen molar-refractivity contribution in [3.05, 3.63) is 179 Å². The van der Waals surface area contributed by atoms with Gasteiger partial charge in [-0.25, -0.2) is 0 Å². The molecule has 5 aromatic carbocycles. The Bertz CT molecular complexity index is 2720. The van der Waals surface area contributed by atoms with Gasteiger partial charge in [0.05, 0.1) is 58.0 Å². The number of hydrogen-bond acceptors (Lipinski definition) is 15. The molecule has 0 unspecified atom stereocenters. The van der Waals surface area contributed by atoms with Gasteiger partial charge in [-0.15, -0.1) is 0 Å². The van der Waals surface area contributed by atoms with E-state index in [1.54, 1.807) is 0 Å². The van der Waals surface area contributed by atoms with E-state index in [9.17, 15) is 4.79 Å². The fraction of sp³-hybridized carbons (Fsp3) is 0.569. The predicted molar refractivity (Wildman–Crippen MR) is 328 cm³/mol. The lowest BCUT2D eigenvalue weighted by Gasteiger charge is -2.51. The van der Waals surface area contributed by atoms with Crippen LogP contribution in [0.5, 0.6) is 0 Å². The number of ether oxygens (including phenoxy) is 14. The van der Waals surface area contributed by atoms with Crippen molar-refractivity contribution < 1.29 is 71.1 Å². The summed E-state index contributed by atoms with van der Waals surface area (Å²) in [5, 5.41) is 0. The molecule has 10 rings (SSSR count). The zero-order valence-corrected chi connectivity index (χ0v) is 51.7. The van der Waals surface area contributed by atoms with Crippen LogP contribution in [-0.2, 0) is 104 Å². The van der Waals surface area contributed by atoms with Gasteiger partial charge in [-0.3, -0.25) is 4.79 Å². The van der Waals surface area contributed by atoms with E-state index in [0.29, 0.717) is 13.0 Å². The highest BCUT2D eigenvalue weighted by molar-refractivity contribution is 5.69. The molecule has 472 valence electrons. The van der Waals surface area contributed by atoms with Crippen LogP contribution in [0.2, 0.25) is 0 Å². The molecule has 0 N–H and O–H groups in total. The van der Waals surface area contributed by atoms with Gasteiger partial charge in [-0.1, -0.05) is 216 Å². The Morgan fingerprint density at radius 3 is 1.45 bits per heavy atom. The Morgan fingerprint density at radius 1 is 0.437 bits per heavy atom. The molecule has 5 aliphatic rings. The van der Waals surface area contributed by atoms with Crippen LogP contribution in [0.1, 0.15) is 146 Å². The standard InChI is InChI=1S/C72H94O15/c1-6-7-18-41-57-42-29-11-9-8-10-12-30-43-59(73)83-66-63(77-47-55-37-25-16-26-38-55)60(75-45-53-33-21-14-22-34-53)50(2)79-70(66)84-67-64(78-48-56-39-27-17-28-40-56)62(76-46-54-35-23-15-24-36-54)58(49-74-44-52-31-19-13-20-32-52)82-71(67)85-68-65-61(86-72(4,5)87-65)51(3)80-69(68)81-57/h13-17,19-28,31-40,50-51,57-58,60-71H,6-12,18,29-30,41-49H2,1-5H3/t50-,51-,57+,58-,60-,61+,62-,63+,64+,65+,66-,67-,68-,69+,70+,71+/m1/s1. The molecule has 0 spiro atoms. The van der Waals surface area contributed by atoms with Crippen molar-refractivity contribution in [3.63, 3.8) is 0 Å². The molecule has 15 heteroatoms. The number of unbranched alkanes of at least 4 members (excludes halogenated alkanes) is 2. The molecular weight excluding hydrogens is 1100 g/mol. The summed E-state index contributed by atoms with van der Waals surface area (Å²) in [5.41, 5.74) is 4.76. The van der Waals surface area contributed by atoms with Gasteiger partial charge in [-0.05, 0) is 74.8 Å². The Hall–Kier alpha value is -4.95. The summed E-state index contributed by atoms with van der Waals surface area (Å²) >= 11 is 0. The number of esters is 1. The zero-order chi connectivity index (χ0) is 60.2. The third-order valence-corrected chi connectivity index (χ3v) is 17.1. The van der Waals surface area contributed by atoms with Crippen LogP contribution in [0, 0.1) is 0 Å². The molecule has 0 bridgehead atoms. The van der Waals surface area contributed by atoms with Gasteiger partial charge in [0.15, 0.2) is 30.8 Å². The first-order valence-electron chi connectivity index (χ1n) is 32.3. The lowest BCUT2D eigenvalue weighted by Crippen LogP contribution is -2.67. The van der Waals surface area contributed by atoms with Crippen molar-refractivity contribution in [2.24, 2.45) is 0 Å². The van der Waals surface area contributed by atoms with Crippen molar-refractivity contribution in [2.75, 3.05) is 6.61 Å². The first kappa shape index (κ1) is 65.0. The average Bonchev–Trinajstić information content (AvgIpc) is 2.01. The Labute approximate surface area is 516 Å². The number of fused-ring (bicyclic) bond motifs is 5. The van der Waals surface area contributed by atoms with E-state index in [1.165, 1.54) is 0 Å². The molecule has 5 fully saturated rings. The van der Waals surface area contributed by atoms with E-state index >= 15 is 0 Å². The molecule has 5 aromatic rings. The minimum absolute atomic E-state index is 0.0789. The van der Waals surface area contributed by atoms with E-state index < -0.39 is 104 Å². The predicted octanol–water partition coefficient (Wildman–Crippen LogP) is 13.5. The quantitative estimate of drug-likeness (QED) is 0.0537. The van der Waals surface area contributed by atoms with Gasteiger partial charge < -0.3 is 66.3 Å². The maximum absolute atomic E-state index is 14.6. The fourth-order valence-corrected chi connectivity index (χ4v) is 12.6. The van der Waals surface area contributed by atoms with Crippen LogP contribution >= 0.6 is 0 Å². The summed E-state index contributed by atoms with van der Waals surface area (Å²) in [7, 11) is 0. The first-order chi connectivity index (χ1) is 42.6. The second-order valence-corrected chi connectivity index (χ2v) is 24.5. The van der Waals surface area contributed by atoms with E-state index in [2.05, 4.69) is 6.92 Å². The van der Waals surface area contributed by atoms with Crippen molar-refractivity contribution in [1.29, 1.82) is 0 Å². The van der Waals surface area contributed by atoms with Crippen LogP contribution in [0.15, 0.2) is 152 Å². The van der Waals surface area contributed by atoms with E-state index in [1.807, 2.05) is 179 Å². The van der Waals surface area contributed by atoms with Crippen molar-refractivity contribution in [3.8, 4) is 0 Å². The minimum Gasteiger partial charge on any atom is -0.454 e. The van der Waals surface area contributed by atoms with Gasteiger partial charge in [0, 0.05) is 6.42 Å². The summed E-state index contributed by atoms with van der Waals surface area (Å²) in [6, 6.07) is 50.0. The second kappa shape index (κ2) is 33.2. The zero-order valence-electron chi connectivity index (χ0n) is 51.7.